The van der Waals surface area contributed by atoms with Gasteiger partial charge in [0.1, 0.15) is 0 Å². The topological polar surface area (TPSA) is 44.5 Å². The summed E-state index contributed by atoms with van der Waals surface area (Å²) in [6.07, 6.45) is 1.29. The lowest BCUT2D eigenvalue weighted by Gasteiger charge is -2.19. The van der Waals surface area contributed by atoms with Gasteiger partial charge in [0.05, 0.1) is 18.8 Å². The molecule has 0 amide bonds. The highest BCUT2D eigenvalue weighted by atomic mass is 16.5. The third-order valence-electron chi connectivity index (χ3n) is 1.54. The van der Waals surface area contributed by atoms with Gasteiger partial charge in [-0.25, -0.2) is 0 Å². The van der Waals surface area contributed by atoms with E-state index in [-0.39, 0.29) is 12.2 Å². The number of ether oxygens (including phenoxy) is 2. The van der Waals surface area contributed by atoms with Gasteiger partial charge < -0.3 is 15.2 Å². The van der Waals surface area contributed by atoms with Crippen LogP contribution in [-0.2, 0) is 9.47 Å². The van der Waals surface area contributed by atoms with Gasteiger partial charge in [-0.1, -0.05) is 6.92 Å². The van der Waals surface area contributed by atoms with Crippen LogP contribution in [0.5, 0.6) is 0 Å². The van der Waals surface area contributed by atoms with Crippen molar-refractivity contribution in [2.24, 2.45) is 5.73 Å². The molecular weight excluding hydrogens is 142 g/mol. The van der Waals surface area contributed by atoms with Crippen molar-refractivity contribution in [2.75, 3.05) is 20.3 Å². The molecule has 68 valence electrons. The van der Waals surface area contributed by atoms with Gasteiger partial charge in [-0.15, -0.1) is 0 Å². The Morgan fingerprint density at radius 2 is 2.09 bits per heavy atom. The molecule has 11 heavy (non-hydrogen) atoms. The Bertz CT molecular complexity index is 84.2. The number of methoxy groups -OCH3 is 1. The lowest BCUT2D eigenvalue weighted by molar-refractivity contribution is -0.0358. The minimum absolute atomic E-state index is 0.147. The highest BCUT2D eigenvalue weighted by molar-refractivity contribution is 4.58. The monoisotopic (exact) mass is 161 g/mol. The predicted octanol–water partition coefficient (Wildman–Crippen LogP) is 0.775. The maximum Gasteiger partial charge on any atom is 0.0784 e. The Morgan fingerprint density at radius 1 is 1.45 bits per heavy atom. The third-order valence-corrected chi connectivity index (χ3v) is 1.54. The summed E-state index contributed by atoms with van der Waals surface area (Å²) >= 11 is 0. The zero-order valence-electron chi connectivity index (χ0n) is 7.67. The third kappa shape index (κ3) is 5.18. The van der Waals surface area contributed by atoms with Crippen LogP contribution in [0.4, 0.5) is 0 Å². The molecule has 0 fully saturated rings. The molecule has 0 aliphatic carbocycles. The van der Waals surface area contributed by atoms with E-state index in [0.29, 0.717) is 13.2 Å². The van der Waals surface area contributed by atoms with Crippen molar-refractivity contribution in [1.29, 1.82) is 0 Å². The molecule has 2 unspecified atom stereocenters. The van der Waals surface area contributed by atoms with Crippen LogP contribution in [0.25, 0.3) is 0 Å². The Labute approximate surface area is 68.9 Å². The van der Waals surface area contributed by atoms with Gasteiger partial charge in [-0.3, -0.25) is 0 Å². The van der Waals surface area contributed by atoms with E-state index in [0.717, 1.165) is 6.42 Å². The van der Waals surface area contributed by atoms with E-state index in [4.69, 9.17) is 15.2 Å². The van der Waals surface area contributed by atoms with E-state index in [2.05, 4.69) is 6.92 Å². The minimum Gasteiger partial charge on any atom is -0.382 e. The first kappa shape index (κ1) is 10.9. The van der Waals surface area contributed by atoms with Crippen molar-refractivity contribution in [2.45, 2.75) is 32.5 Å². The molecule has 0 aromatic carbocycles. The smallest absolute Gasteiger partial charge is 0.0784 e. The highest BCUT2D eigenvalue weighted by Gasteiger charge is 2.08. The molecule has 0 spiro atoms. The van der Waals surface area contributed by atoms with Crippen LogP contribution in [0, 0.1) is 0 Å². The van der Waals surface area contributed by atoms with Crippen LogP contribution in [-0.4, -0.2) is 32.5 Å². The fraction of sp³-hybridized carbons (Fsp3) is 1.00. The van der Waals surface area contributed by atoms with Crippen LogP contribution >= 0.6 is 0 Å². The summed E-state index contributed by atoms with van der Waals surface area (Å²) in [4.78, 5) is 0. The van der Waals surface area contributed by atoms with Crippen LogP contribution in [0.1, 0.15) is 20.3 Å². The first-order chi connectivity index (χ1) is 5.24. The van der Waals surface area contributed by atoms with E-state index in [9.17, 15) is 0 Å². The summed E-state index contributed by atoms with van der Waals surface area (Å²) in [5.74, 6) is 0. The van der Waals surface area contributed by atoms with Gasteiger partial charge in [0, 0.05) is 13.7 Å². The molecule has 3 heteroatoms. The Hall–Kier alpha value is -0.120. The second-order valence-electron chi connectivity index (χ2n) is 2.67. The molecule has 2 atom stereocenters. The average molecular weight is 161 g/mol. The zero-order chi connectivity index (χ0) is 8.69. The fourth-order valence-corrected chi connectivity index (χ4v) is 0.921. The largest absolute Gasteiger partial charge is 0.382 e. The molecule has 3 nitrogen and oxygen atoms in total. The van der Waals surface area contributed by atoms with Gasteiger partial charge in [-0.2, -0.15) is 0 Å². The van der Waals surface area contributed by atoms with E-state index >= 15 is 0 Å². The second-order valence-corrected chi connectivity index (χ2v) is 2.67. The summed E-state index contributed by atoms with van der Waals surface area (Å²) in [5.41, 5.74) is 5.46. The minimum atomic E-state index is 0.147. The van der Waals surface area contributed by atoms with Gasteiger partial charge in [0.25, 0.3) is 0 Å². The van der Waals surface area contributed by atoms with Crippen molar-refractivity contribution >= 4 is 0 Å². The quantitative estimate of drug-likeness (QED) is 0.626. The normalized spacial score (nSPS) is 16.4. The van der Waals surface area contributed by atoms with Gasteiger partial charge in [0.15, 0.2) is 0 Å². The van der Waals surface area contributed by atoms with Crippen molar-refractivity contribution < 1.29 is 9.47 Å². The van der Waals surface area contributed by atoms with Crippen LogP contribution < -0.4 is 5.73 Å². The lowest BCUT2D eigenvalue weighted by Crippen LogP contribution is -2.29. The van der Waals surface area contributed by atoms with Crippen molar-refractivity contribution in [3.05, 3.63) is 0 Å². The van der Waals surface area contributed by atoms with Crippen LogP contribution in [0.3, 0.4) is 0 Å². The summed E-state index contributed by atoms with van der Waals surface area (Å²) in [6.45, 7) is 5.28. The molecule has 0 aliphatic heterocycles. The van der Waals surface area contributed by atoms with E-state index < -0.39 is 0 Å². The summed E-state index contributed by atoms with van der Waals surface area (Å²) in [6, 6.07) is 0. The average Bonchev–Trinajstić information content (AvgIpc) is 2.01. The van der Waals surface area contributed by atoms with Gasteiger partial charge in [-0.05, 0) is 13.3 Å². The van der Waals surface area contributed by atoms with Crippen molar-refractivity contribution in [1.82, 2.24) is 0 Å². The van der Waals surface area contributed by atoms with E-state index in [1.165, 1.54) is 0 Å². The fourth-order valence-electron chi connectivity index (χ4n) is 0.921. The predicted molar refractivity (Wildman–Crippen MR) is 45.6 cm³/mol. The first-order valence-electron chi connectivity index (χ1n) is 4.09. The maximum atomic E-state index is 5.54. The molecule has 0 aliphatic rings. The van der Waals surface area contributed by atoms with Gasteiger partial charge >= 0.3 is 0 Å². The molecule has 0 rings (SSSR count). The van der Waals surface area contributed by atoms with Gasteiger partial charge in [0.2, 0.25) is 0 Å². The molecular formula is C8H19NO2. The maximum absolute atomic E-state index is 5.54. The van der Waals surface area contributed by atoms with Crippen molar-refractivity contribution in [3.8, 4) is 0 Å². The Morgan fingerprint density at radius 3 is 2.45 bits per heavy atom. The molecule has 0 aromatic rings. The summed E-state index contributed by atoms with van der Waals surface area (Å²) in [7, 11) is 1.67. The van der Waals surface area contributed by atoms with Crippen LogP contribution in [0.15, 0.2) is 0 Å². The van der Waals surface area contributed by atoms with Crippen LogP contribution in [0.2, 0.25) is 0 Å². The first-order valence-corrected chi connectivity index (χ1v) is 4.09. The Balaban J connectivity index is 3.44. The molecule has 0 saturated heterocycles. The van der Waals surface area contributed by atoms with Crippen molar-refractivity contribution in [3.63, 3.8) is 0 Å². The number of rotatable bonds is 6. The molecule has 0 heterocycles. The summed E-state index contributed by atoms with van der Waals surface area (Å²) < 4.78 is 10.5. The standard InChI is InChI=1S/C8H19NO2/c1-4-8(5-9)11-7(2)6-10-3/h7-8H,4-6,9H2,1-3H3. The number of hydrogen-bond acceptors (Lipinski definition) is 3. The number of nitrogens with two attached hydrogens (primary N) is 1. The molecule has 0 bridgehead atoms. The number of hydrogen-bond donors (Lipinski definition) is 1. The summed E-state index contributed by atoms with van der Waals surface area (Å²) in [5, 5.41) is 0. The highest BCUT2D eigenvalue weighted by Crippen LogP contribution is 2.00. The SMILES string of the molecule is CCC(CN)OC(C)COC. The molecule has 0 radical (unpaired) electrons. The van der Waals surface area contributed by atoms with E-state index in [1.807, 2.05) is 6.92 Å². The Kier molecular flexibility index (Phi) is 6.51. The molecule has 2 N–H and O–H groups in total. The second kappa shape index (κ2) is 6.58. The molecule has 0 aromatic heterocycles. The lowest BCUT2D eigenvalue weighted by atomic mass is 10.3. The van der Waals surface area contributed by atoms with E-state index in [1.54, 1.807) is 7.11 Å². The zero-order valence-corrected chi connectivity index (χ0v) is 7.67. The molecule has 0 saturated carbocycles.